The number of nitrogens with one attached hydrogen (secondary N) is 1. The molecule has 30 heavy (non-hydrogen) atoms. The Morgan fingerprint density at radius 3 is 2.37 bits per heavy atom. The lowest BCUT2D eigenvalue weighted by Gasteiger charge is -2.34. The molecule has 1 atom stereocenters. The maximum atomic E-state index is 13.4. The molecule has 3 aromatic carbocycles. The van der Waals surface area contributed by atoms with Crippen molar-refractivity contribution in [3.05, 3.63) is 83.9 Å². The molecule has 0 radical (unpaired) electrons. The van der Waals surface area contributed by atoms with Crippen molar-refractivity contribution in [2.45, 2.75) is 24.8 Å². The molecule has 3 aromatic rings. The highest BCUT2D eigenvalue weighted by Crippen LogP contribution is 2.37. The van der Waals surface area contributed by atoms with Gasteiger partial charge >= 0.3 is 0 Å². The van der Waals surface area contributed by atoms with Crippen molar-refractivity contribution < 1.29 is 17.9 Å². The zero-order valence-corrected chi connectivity index (χ0v) is 17.5. The van der Waals surface area contributed by atoms with Gasteiger partial charge < -0.3 is 10.1 Å². The van der Waals surface area contributed by atoms with Gasteiger partial charge in [-0.2, -0.15) is 0 Å². The lowest BCUT2D eigenvalue weighted by atomic mass is 10.2. The molecular weight excluding hydrogens is 400 g/mol. The molecule has 1 aliphatic heterocycles. The Bertz CT molecular complexity index is 1190. The second-order valence-electron chi connectivity index (χ2n) is 7.23. The second-order valence-corrected chi connectivity index (χ2v) is 9.09. The Morgan fingerprint density at radius 2 is 1.63 bits per heavy atom. The predicted octanol–water partition coefficient (Wildman–Crippen LogP) is 3.90. The quantitative estimate of drug-likeness (QED) is 0.692. The molecule has 0 spiro atoms. The smallest absolute Gasteiger partial charge is 0.267 e. The Morgan fingerprint density at radius 1 is 0.967 bits per heavy atom. The number of hydrogen-bond donors (Lipinski definition) is 1. The van der Waals surface area contributed by atoms with E-state index in [0.717, 1.165) is 11.1 Å². The highest BCUT2D eigenvalue weighted by Gasteiger charge is 2.37. The van der Waals surface area contributed by atoms with Crippen LogP contribution < -0.4 is 14.4 Å². The van der Waals surface area contributed by atoms with Crippen LogP contribution in [0.2, 0.25) is 0 Å². The summed E-state index contributed by atoms with van der Waals surface area (Å²) in [5.74, 6) is -0.0488. The third kappa shape index (κ3) is 3.76. The van der Waals surface area contributed by atoms with E-state index in [-0.39, 0.29) is 11.4 Å². The topological polar surface area (TPSA) is 75.7 Å². The highest BCUT2D eigenvalue weighted by molar-refractivity contribution is 7.92. The zero-order chi connectivity index (χ0) is 21.3. The van der Waals surface area contributed by atoms with Crippen LogP contribution >= 0.6 is 0 Å². The summed E-state index contributed by atoms with van der Waals surface area (Å²) >= 11 is 0. The van der Waals surface area contributed by atoms with Crippen LogP contribution in [0.3, 0.4) is 0 Å². The van der Waals surface area contributed by atoms with Gasteiger partial charge in [0.05, 0.1) is 17.1 Å². The minimum absolute atomic E-state index is 0.120. The fourth-order valence-corrected chi connectivity index (χ4v) is 4.81. The number of sulfonamides is 1. The fourth-order valence-electron chi connectivity index (χ4n) is 3.33. The van der Waals surface area contributed by atoms with Crippen LogP contribution in [0, 0.1) is 13.8 Å². The van der Waals surface area contributed by atoms with Crippen molar-refractivity contribution in [1.29, 1.82) is 0 Å². The number of fused-ring (bicyclic) bond motifs is 1. The third-order valence-electron chi connectivity index (χ3n) is 5.04. The molecule has 7 heteroatoms. The molecule has 0 saturated carbocycles. The first-order valence-corrected chi connectivity index (χ1v) is 11.0. The standard InChI is InChI=1S/C23H22N2O4S/c1-16-11-13-18(14-12-16)30(27,28)25-15-22(29-21-10-6-5-9-20(21)25)23(26)24-19-8-4-3-7-17(19)2/h3-14,22H,15H2,1-2H3,(H,24,26)/t22-/m0/s1. The van der Waals surface area contributed by atoms with Gasteiger partial charge in [-0.3, -0.25) is 9.10 Å². The van der Waals surface area contributed by atoms with Gasteiger partial charge in [0.1, 0.15) is 5.75 Å². The summed E-state index contributed by atoms with van der Waals surface area (Å²) in [4.78, 5) is 13.1. The van der Waals surface area contributed by atoms with Crippen LogP contribution in [-0.4, -0.2) is 27.0 Å². The summed E-state index contributed by atoms with van der Waals surface area (Å²) in [6.45, 7) is 3.66. The van der Waals surface area contributed by atoms with Crippen molar-refractivity contribution in [3.8, 4) is 5.75 Å². The Kier molecular flexibility index (Phi) is 5.22. The SMILES string of the molecule is Cc1ccc(S(=O)(=O)N2C[C@@H](C(=O)Nc3ccccc3C)Oc3ccccc32)cc1. The average molecular weight is 423 g/mol. The van der Waals surface area contributed by atoms with Crippen LogP contribution in [0.1, 0.15) is 11.1 Å². The van der Waals surface area contributed by atoms with E-state index in [1.165, 1.54) is 4.31 Å². The van der Waals surface area contributed by atoms with E-state index < -0.39 is 22.0 Å². The van der Waals surface area contributed by atoms with Gasteiger partial charge in [0.15, 0.2) is 6.10 Å². The maximum Gasteiger partial charge on any atom is 0.267 e. The summed E-state index contributed by atoms with van der Waals surface area (Å²) in [5, 5.41) is 2.84. The van der Waals surface area contributed by atoms with Crippen molar-refractivity contribution in [1.82, 2.24) is 0 Å². The van der Waals surface area contributed by atoms with Gasteiger partial charge in [-0.1, -0.05) is 48.0 Å². The number of benzene rings is 3. The minimum Gasteiger partial charge on any atom is -0.476 e. The number of carbonyl (C=O) groups is 1. The van der Waals surface area contributed by atoms with Gasteiger partial charge in [-0.25, -0.2) is 8.42 Å². The first-order chi connectivity index (χ1) is 14.4. The summed E-state index contributed by atoms with van der Waals surface area (Å²) in [6, 6.07) is 20.9. The molecule has 0 bridgehead atoms. The van der Waals surface area contributed by atoms with Crippen molar-refractivity contribution in [2.24, 2.45) is 0 Å². The van der Waals surface area contributed by atoms with Gasteiger partial charge in [0, 0.05) is 5.69 Å². The highest BCUT2D eigenvalue weighted by atomic mass is 32.2. The Labute approximate surface area is 176 Å². The number of aryl methyl sites for hydroxylation is 2. The van der Waals surface area contributed by atoms with E-state index in [9.17, 15) is 13.2 Å². The van der Waals surface area contributed by atoms with Gasteiger partial charge in [-0.05, 0) is 49.7 Å². The lowest BCUT2D eigenvalue weighted by molar-refractivity contribution is -0.122. The molecule has 0 saturated heterocycles. The summed E-state index contributed by atoms with van der Waals surface area (Å²) in [6.07, 6.45) is -0.986. The Balaban J connectivity index is 1.68. The number of ether oxygens (including phenoxy) is 1. The molecule has 1 aliphatic rings. The first-order valence-electron chi connectivity index (χ1n) is 9.58. The number of anilines is 2. The van der Waals surface area contributed by atoms with Crippen LogP contribution in [0.15, 0.2) is 77.7 Å². The van der Waals surface area contributed by atoms with Crippen LogP contribution in [0.4, 0.5) is 11.4 Å². The molecule has 4 rings (SSSR count). The summed E-state index contributed by atoms with van der Waals surface area (Å²) < 4.78 is 33.9. The molecule has 1 N–H and O–H groups in total. The molecule has 1 heterocycles. The lowest BCUT2D eigenvalue weighted by Crippen LogP contribution is -2.48. The normalized spacial score (nSPS) is 15.8. The molecule has 6 nitrogen and oxygen atoms in total. The summed E-state index contributed by atoms with van der Waals surface area (Å²) in [5.41, 5.74) is 2.95. The van der Waals surface area contributed by atoms with E-state index in [1.807, 2.05) is 32.0 Å². The van der Waals surface area contributed by atoms with E-state index >= 15 is 0 Å². The number of para-hydroxylation sites is 3. The average Bonchev–Trinajstić information content (AvgIpc) is 2.74. The van der Waals surface area contributed by atoms with E-state index in [1.54, 1.807) is 54.6 Å². The fraction of sp³-hybridized carbons (Fsp3) is 0.174. The van der Waals surface area contributed by atoms with Crippen LogP contribution in [0.25, 0.3) is 0 Å². The molecule has 1 amide bonds. The monoisotopic (exact) mass is 422 g/mol. The second kappa shape index (κ2) is 7.84. The molecule has 154 valence electrons. The van der Waals surface area contributed by atoms with Gasteiger partial charge in [0.2, 0.25) is 0 Å². The van der Waals surface area contributed by atoms with Crippen LogP contribution in [0.5, 0.6) is 5.75 Å². The maximum absolute atomic E-state index is 13.4. The van der Waals surface area contributed by atoms with Crippen molar-refractivity contribution in [3.63, 3.8) is 0 Å². The predicted molar refractivity (Wildman–Crippen MR) is 116 cm³/mol. The summed E-state index contributed by atoms with van der Waals surface area (Å²) in [7, 11) is -3.87. The number of hydrogen-bond acceptors (Lipinski definition) is 4. The van der Waals surface area contributed by atoms with Crippen molar-refractivity contribution in [2.75, 3.05) is 16.2 Å². The number of carbonyl (C=O) groups excluding carboxylic acids is 1. The molecular formula is C23H22N2O4S. The first kappa shape index (κ1) is 20.0. The van der Waals surface area contributed by atoms with E-state index in [2.05, 4.69) is 5.32 Å². The van der Waals surface area contributed by atoms with Crippen LogP contribution in [-0.2, 0) is 14.8 Å². The minimum atomic E-state index is -3.87. The van der Waals surface area contributed by atoms with Gasteiger partial charge in [0.25, 0.3) is 15.9 Å². The molecule has 0 aliphatic carbocycles. The Hall–Kier alpha value is -3.32. The largest absolute Gasteiger partial charge is 0.476 e. The number of rotatable bonds is 4. The number of amides is 1. The van der Waals surface area contributed by atoms with Crippen molar-refractivity contribution >= 4 is 27.3 Å². The number of nitrogens with zero attached hydrogens (tertiary/aromatic N) is 1. The zero-order valence-electron chi connectivity index (χ0n) is 16.7. The third-order valence-corrected chi connectivity index (χ3v) is 6.83. The van der Waals surface area contributed by atoms with Gasteiger partial charge in [-0.15, -0.1) is 0 Å². The van der Waals surface area contributed by atoms with E-state index in [4.69, 9.17) is 4.74 Å². The molecule has 0 aromatic heterocycles. The van der Waals surface area contributed by atoms with E-state index in [0.29, 0.717) is 17.1 Å². The molecule has 0 unspecified atom stereocenters. The molecule has 0 fully saturated rings.